The molecule has 2 N–H and O–H groups in total. The number of hydrogen-bond acceptors (Lipinski definition) is 5. The van der Waals surface area contributed by atoms with Gasteiger partial charge in [-0.05, 0) is 42.0 Å². The zero-order chi connectivity index (χ0) is 17.7. The number of halogens is 3. The number of nitrogens with one attached hydrogen (secondary N) is 2. The molecule has 0 radical (unpaired) electrons. The van der Waals surface area contributed by atoms with Gasteiger partial charge in [-0.3, -0.25) is 4.98 Å². The van der Waals surface area contributed by atoms with Crippen LogP contribution in [-0.4, -0.2) is 15.0 Å². The highest BCUT2D eigenvalue weighted by atomic mass is 19.4. The number of hydrogen-bond donors (Lipinski definition) is 2. The minimum atomic E-state index is -4.36. The number of alkyl halides is 3. The third-order valence-corrected chi connectivity index (χ3v) is 3.32. The maximum atomic E-state index is 12.6. The molecule has 5 nitrogen and oxygen atoms in total. The zero-order valence-electron chi connectivity index (χ0n) is 13.0. The first kappa shape index (κ1) is 16.7. The van der Waals surface area contributed by atoms with E-state index in [1.807, 2.05) is 12.1 Å². The van der Waals surface area contributed by atoms with Gasteiger partial charge in [0.15, 0.2) is 0 Å². The smallest absolute Gasteiger partial charge is 0.366 e. The first-order valence-electron chi connectivity index (χ1n) is 7.41. The molecule has 2 aromatic heterocycles. The van der Waals surface area contributed by atoms with Crippen LogP contribution in [0.3, 0.4) is 0 Å². The van der Waals surface area contributed by atoms with Crippen LogP contribution in [0.4, 0.5) is 30.6 Å². The van der Waals surface area contributed by atoms with Crippen LogP contribution in [0.2, 0.25) is 0 Å². The lowest BCUT2D eigenvalue weighted by Gasteiger charge is -2.10. The van der Waals surface area contributed by atoms with Gasteiger partial charge < -0.3 is 10.6 Å². The topological polar surface area (TPSA) is 62.7 Å². The Morgan fingerprint density at radius 3 is 2.44 bits per heavy atom. The fourth-order valence-electron chi connectivity index (χ4n) is 2.08. The van der Waals surface area contributed by atoms with Gasteiger partial charge in [-0.2, -0.15) is 18.2 Å². The molecular formula is C17H14F3N5. The molecule has 8 heteroatoms. The second-order valence-electron chi connectivity index (χ2n) is 5.18. The van der Waals surface area contributed by atoms with Gasteiger partial charge >= 0.3 is 6.18 Å². The van der Waals surface area contributed by atoms with Crippen molar-refractivity contribution in [1.29, 1.82) is 0 Å². The molecule has 25 heavy (non-hydrogen) atoms. The maximum Gasteiger partial charge on any atom is 0.416 e. The summed E-state index contributed by atoms with van der Waals surface area (Å²) in [5.74, 6) is 0.879. The first-order chi connectivity index (χ1) is 12.0. The van der Waals surface area contributed by atoms with Gasteiger partial charge in [-0.1, -0.05) is 6.07 Å². The van der Waals surface area contributed by atoms with Crippen molar-refractivity contribution in [2.24, 2.45) is 0 Å². The standard InChI is InChI=1S/C17H14F3N5/c18-17(19,20)13-3-5-14(6-4-13)24-16-22-9-7-15(25-16)23-11-12-2-1-8-21-10-12/h1-10H,11H2,(H2,22,23,24,25). The number of benzene rings is 1. The second-order valence-corrected chi connectivity index (χ2v) is 5.18. The molecule has 0 saturated carbocycles. The lowest BCUT2D eigenvalue weighted by Crippen LogP contribution is -2.06. The average molecular weight is 345 g/mol. The second kappa shape index (κ2) is 7.16. The highest BCUT2D eigenvalue weighted by Gasteiger charge is 2.29. The highest BCUT2D eigenvalue weighted by molar-refractivity contribution is 5.55. The third-order valence-electron chi connectivity index (χ3n) is 3.32. The predicted octanol–water partition coefficient (Wildman–Crippen LogP) is 4.25. The molecule has 0 spiro atoms. The summed E-state index contributed by atoms with van der Waals surface area (Å²) < 4.78 is 37.7. The highest BCUT2D eigenvalue weighted by Crippen LogP contribution is 2.30. The average Bonchev–Trinajstić information content (AvgIpc) is 2.61. The Morgan fingerprint density at radius 1 is 0.960 bits per heavy atom. The molecule has 0 amide bonds. The minimum Gasteiger partial charge on any atom is -0.366 e. The summed E-state index contributed by atoms with van der Waals surface area (Å²) >= 11 is 0. The van der Waals surface area contributed by atoms with Crippen molar-refractivity contribution in [2.45, 2.75) is 12.7 Å². The molecule has 0 aliphatic rings. The van der Waals surface area contributed by atoms with Gasteiger partial charge in [0, 0.05) is 30.8 Å². The molecule has 0 aliphatic heterocycles. The Labute approximate surface area is 142 Å². The summed E-state index contributed by atoms with van der Waals surface area (Å²) in [5.41, 5.74) is 0.765. The summed E-state index contributed by atoms with van der Waals surface area (Å²) in [6.07, 6.45) is 0.645. The monoisotopic (exact) mass is 345 g/mol. The SMILES string of the molecule is FC(F)(F)c1ccc(Nc2nccc(NCc3cccnc3)n2)cc1. The molecule has 0 bridgehead atoms. The van der Waals surface area contributed by atoms with Crippen LogP contribution in [0.25, 0.3) is 0 Å². The van der Waals surface area contributed by atoms with Gasteiger partial charge in [0.2, 0.25) is 5.95 Å². The fraction of sp³-hybridized carbons (Fsp3) is 0.118. The fourth-order valence-corrected chi connectivity index (χ4v) is 2.08. The van der Waals surface area contributed by atoms with Gasteiger partial charge in [0.25, 0.3) is 0 Å². The lowest BCUT2D eigenvalue weighted by molar-refractivity contribution is -0.137. The van der Waals surface area contributed by atoms with Crippen LogP contribution >= 0.6 is 0 Å². The molecule has 3 aromatic rings. The Kier molecular flexibility index (Phi) is 4.78. The molecular weight excluding hydrogens is 331 g/mol. The molecule has 0 unspecified atom stereocenters. The molecule has 1 aromatic carbocycles. The van der Waals surface area contributed by atoms with E-state index in [9.17, 15) is 13.2 Å². The van der Waals surface area contributed by atoms with E-state index in [1.54, 1.807) is 24.7 Å². The predicted molar refractivity (Wildman–Crippen MR) is 88.3 cm³/mol. The number of rotatable bonds is 5. The van der Waals surface area contributed by atoms with Crippen LogP contribution < -0.4 is 10.6 Å². The zero-order valence-corrected chi connectivity index (χ0v) is 13.0. The summed E-state index contributed by atoms with van der Waals surface area (Å²) in [4.78, 5) is 12.4. The number of nitrogens with zero attached hydrogens (tertiary/aromatic N) is 3. The third kappa shape index (κ3) is 4.66. The van der Waals surface area contributed by atoms with E-state index in [0.717, 1.165) is 17.7 Å². The Hall–Kier alpha value is -3.16. The largest absolute Gasteiger partial charge is 0.416 e. The van der Waals surface area contributed by atoms with E-state index in [1.165, 1.54) is 12.1 Å². The van der Waals surface area contributed by atoms with Crippen molar-refractivity contribution in [3.05, 3.63) is 72.2 Å². The summed E-state index contributed by atoms with van der Waals surface area (Å²) in [6.45, 7) is 0.546. The molecule has 0 atom stereocenters. The summed E-state index contributed by atoms with van der Waals surface area (Å²) in [7, 11) is 0. The number of anilines is 3. The van der Waals surface area contributed by atoms with Crippen LogP contribution in [0.1, 0.15) is 11.1 Å². The van der Waals surface area contributed by atoms with Crippen LogP contribution in [0.15, 0.2) is 61.1 Å². The van der Waals surface area contributed by atoms with Crippen LogP contribution in [0, 0.1) is 0 Å². The van der Waals surface area contributed by atoms with Crippen LogP contribution in [-0.2, 0) is 12.7 Å². The summed E-state index contributed by atoms with van der Waals surface area (Å²) in [5, 5.41) is 6.02. The Bertz CT molecular complexity index is 820. The molecule has 0 fully saturated rings. The van der Waals surface area contributed by atoms with Gasteiger partial charge in [-0.15, -0.1) is 0 Å². The van der Waals surface area contributed by atoms with E-state index < -0.39 is 11.7 Å². The van der Waals surface area contributed by atoms with Gasteiger partial charge in [-0.25, -0.2) is 4.98 Å². The lowest BCUT2D eigenvalue weighted by atomic mass is 10.2. The van der Waals surface area contributed by atoms with Crippen molar-refractivity contribution < 1.29 is 13.2 Å². The van der Waals surface area contributed by atoms with E-state index in [0.29, 0.717) is 18.1 Å². The normalized spacial score (nSPS) is 11.2. The molecule has 2 heterocycles. The Balaban J connectivity index is 1.65. The summed E-state index contributed by atoms with van der Waals surface area (Å²) in [6, 6.07) is 10.2. The van der Waals surface area contributed by atoms with Crippen molar-refractivity contribution >= 4 is 17.5 Å². The van der Waals surface area contributed by atoms with Gasteiger partial charge in [0.05, 0.1) is 5.56 Å². The van der Waals surface area contributed by atoms with Crippen molar-refractivity contribution in [2.75, 3.05) is 10.6 Å². The Morgan fingerprint density at radius 2 is 1.76 bits per heavy atom. The molecule has 3 rings (SSSR count). The van der Waals surface area contributed by atoms with Crippen LogP contribution in [0.5, 0.6) is 0 Å². The van der Waals surface area contributed by atoms with Crippen molar-refractivity contribution in [3.63, 3.8) is 0 Å². The van der Waals surface area contributed by atoms with Crippen molar-refractivity contribution in [3.8, 4) is 0 Å². The first-order valence-corrected chi connectivity index (χ1v) is 7.41. The molecule has 0 saturated heterocycles. The van der Waals surface area contributed by atoms with E-state index in [4.69, 9.17) is 0 Å². The van der Waals surface area contributed by atoms with Gasteiger partial charge in [0.1, 0.15) is 5.82 Å². The van der Waals surface area contributed by atoms with E-state index in [-0.39, 0.29) is 5.95 Å². The van der Waals surface area contributed by atoms with E-state index >= 15 is 0 Å². The van der Waals surface area contributed by atoms with Crippen molar-refractivity contribution in [1.82, 2.24) is 15.0 Å². The van der Waals surface area contributed by atoms with E-state index in [2.05, 4.69) is 25.6 Å². The molecule has 0 aliphatic carbocycles. The quantitative estimate of drug-likeness (QED) is 0.724. The maximum absolute atomic E-state index is 12.6. The minimum absolute atomic E-state index is 0.288. The molecule has 128 valence electrons. The number of aromatic nitrogens is 3. The number of pyridine rings is 1.